The topological polar surface area (TPSA) is 85.8 Å². The lowest BCUT2D eigenvalue weighted by Crippen LogP contribution is -2.13. The molecule has 2 aromatic rings. The van der Waals surface area contributed by atoms with Gasteiger partial charge < -0.3 is 9.09 Å². The number of carbonyl (C=O) groups excluding carboxylic acids is 1. The van der Waals surface area contributed by atoms with Gasteiger partial charge in [0.1, 0.15) is 6.33 Å². The Bertz CT molecular complexity index is 521. The normalized spacial score (nSPS) is 10.5. The molecule has 1 N–H and O–H groups in total. The molecule has 7 nitrogen and oxygen atoms in total. The van der Waals surface area contributed by atoms with Gasteiger partial charge in [-0.05, 0) is 6.92 Å². The lowest BCUT2D eigenvalue weighted by Gasteiger charge is -2.00. The predicted molar refractivity (Wildman–Crippen MR) is 61.6 cm³/mol. The maximum Gasteiger partial charge on any atom is 0.237 e. The van der Waals surface area contributed by atoms with E-state index in [1.807, 2.05) is 7.05 Å². The largest absolute Gasteiger partial charge is 0.338 e. The van der Waals surface area contributed by atoms with Gasteiger partial charge in [-0.25, -0.2) is 0 Å². The molecule has 0 fully saturated rings. The van der Waals surface area contributed by atoms with Crippen LogP contribution in [0.1, 0.15) is 5.69 Å². The second-order valence-electron chi connectivity index (χ2n) is 3.39. The summed E-state index contributed by atoms with van der Waals surface area (Å²) in [5.41, 5.74) is 0.723. The first-order valence-corrected chi connectivity index (χ1v) is 5.83. The highest BCUT2D eigenvalue weighted by Gasteiger charge is 2.09. The van der Waals surface area contributed by atoms with Gasteiger partial charge in [-0.1, -0.05) is 16.9 Å². The van der Waals surface area contributed by atoms with Gasteiger partial charge in [0.25, 0.3) is 0 Å². The number of carbonyl (C=O) groups is 1. The summed E-state index contributed by atoms with van der Waals surface area (Å²) < 4.78 is 6.62. The summed E-state index contributed by atoms with van der Waals surface area (Å²) in [5, 5.41) is 14.5. The minimum absolute atomic E-state index is 0.172. The number of nitrogens with one attached hydrogen (secondary N) is 1. The zero-order valence-electron chi connectivity index (χ0n) is 9.38. The fourth-order valence-corrected chi connectivity index (χ4v) is 1.82. The molecule has 2 rings (SSSR count). The summed E-state index contributed by atoms with van der Waals surface area (Å²) in [4.78, 5) is 11.6. The van der Waals surface area contributed by atoms with Crippen LogP contribution in [0.25, 0.3) is 0 Å². The Morgan fingerprint density at radius 2 is 2.47 bits per heavy atom. The average Bonchev–Trinajstić information content (AvgIpc) is 2.85. The summed E-state index contributed by atoms with van der Waals surface area (Å²) in [5.74, 6) is 0.423. The molecule has 90 valence electrons. The van der Waals surface area contributed by atoms with Crippen LogP contribution in [0.4, 0.5) is 5.88 Å². The van der Waals surface area contributed by atoms with Crippen molar-refractivity contribution in [3.8, 4) is 0 Å². The Labute approximate surface area is 102 Å². The standard InChI is InChI=1S/C9H11N5O2S/c1-6-3-8(16-13-6)11-7(15)4-17-9-12-10-5-14(9)2/h3,5H,4H2,1-2H3,(H,11,15). The van der Waals surface area contributed by atoms with Crippen LogP contribution >= 0.6 is 11.8 Å². The number of anilines is 1. The molecule has 17 heavy (non-hydrogen) atoms. The lowest BCUT2D eigenvalue weighted by molar-refractivity contribution is -0.113. The van der Waals surface area contributed by atoms with Gasteiger partial charge in [-0.2, -0.15) is 0 Å². The maximum absolute atomic E-state index is 11.6. The van der Waals surface area contributed by atoms with Crippen LogP contribution in [0.2, 0.25) is 0 Å². The molecule has 0 aromatic carbocycles. The summed E-state index contributed by atoms with van der Waals surface area (Å²) in [7, 11) is 1.82. The van der Waals surface area contributed by atoms with Gasteiger partial charge in [0, 0.05) is 13.1 Å². The Hall–Kier alpha value is -1.83. The third kappa shape index (κ3) is 3.06. The molecule has 0 atom stereocenters. The number of aryl methyl sites for hydroxylation is 2. The molecule has 0 aliphatic rings. The van der Waals surface area contributed by atoms with Crippen molar-refractivity contribution in [2.24, 2.45) is 7.05 Å². The molecular formula is C9H11N5O2S. The number of nitrogens with zero attached hydrogens (tertiary/aromatic N) is 4. The Morgan fingerprint density at radius 3 is 3.06 bits per heavy atom. The second kappa shape index (κ2) is 5.00. The van der Waals surface area contributed by atoms with Crippen LogP contribution in [0, 0.1) is 6.92 Å². The highest BCUT2D eigenvalue weighted by molar-refractivity contribution is 7.99. The zero-order chi connectivity index (χ0) is 12.3. The van der Waals surface area contributed by atoms with Crippen molar-refractivity contribution in [2.75, 3.05) is 11.1 Å². The van der Waals surface area contributed by atoms with Gasteiger partial charge in [0.2, 0.25) is 11.8 Å². The van der Waals surface area contributed by atoms with Gasteiger partial charge in [0.05, 0.1) is 11.4 Å². The van der Waals surface area contributed by atoms with Gasteiger partial charge >= 0.3 is 0 Å². The van der Waals surface area contributed by atoms with Crippen LogP contribution in [0.15, 0.2) is 22.1 Å². The number of hydrogen-bond acceptors (Lipinski definition) is 6. The van der Waals surface area contributed by atoms with Gasteiger partial charge in [0.15, 0.2) is 5.16 Å². The summed E-state index contributed by atoms with van der Waals surface area (Å²) in [6.45, 7) is 1.79. The molecule has 2 heterocycles. The molecule has 0 saturated heterocycles. The fraction of sp³-hybridized carbons (Fsp3) is 0.333. The molecule has 0 saturated carbocycles. The molecule has 2 aromatic heterocycles. The van der Waals surface area contributed by atoms with Crippen molar-refractivity contribution in [1.82, 2.24) is 19.9 Å². The van der Waals surface area contributed by atoms with E-state index in [4.69, 9.17) is 4.52 Å². The first-order valence-electron chi connectivity index (χ1n) is 4.85. The third-order valence-corrected chi connectivity index (χ3v) is 2.93. The SMILES string of the molecule is Cc1cc(NC(=O)CSc2nncn2C)on1. The van der Waals surface area contributed by atoms with E-state index in [2.05, 4.69) is 20.7 Å². The molecule has 0 spiro atoms. The fourth-order valence-electron chi connectivity index (χ4n) is 1.13. The third-order valence-electron chi connectivity index (χ3n) is 1.89. The van der Waals surface area contributed by atoms with Crippen molar-refractivity contribution in [3.05, 3.63) is 18.1 Å². The molecule has 0 radical (unpaired) electrons. The molecule has 0 bridgehead atoms. The highest BCUT2D eigenvalue weighted by Crippen LogP contribution is 2.14. The van der Waals surface area contributed by atoms with Crippen LogP contribution < -0.4 is 5.32 Å². The van der Waals surface area contributed by atoms with E-state index in [1.165, 1.54) is 11.8 Å². The molecule has 1 amide bonds. The van der Waals surface area contributed by atoms with Crippen molar-refractivity contribution >= 4 is 23.6 Å². The maximum atomic E-state index is 11.6. The smallest absolute Gasteiger partial charge is 0.237 e. The number of rotatable bonds is 4. The quantitative estimate of drug-likeness (QED) is 0.813. The Morgan fingerprint density at radius 1 is 1.65 bits per heavy atom. The van der Waals surface area contributed by atoms with Crippen LogP contribution in [0.3, 0.4) is 0 Å². The van der Waals surface area contributed by atoms with E-state index in [0.717, 1.165) is 5.69 Å². The summed E-state index contributed by atoms with van der Waals surface area (Å²) >= 11 is 1.30. The molecule has 0 aliphatic heterocycles. The van der Waals surface area contributed by atoms with E-state index in [0.29, 0.717) is 11.0 Å². The highest BCUT2D eigenvalue weighted by atomic mass is 32.2. The minimum atomic E-state index is -0.172. The zero-order valence-corrected chi connectivity index (χ0v) is 10.2. The minimum Gasteiger partial charge on any atom is -0.338 e. The number of amides is 1. The first-order chi connectivity index (χ1) is 8.15. The van der Waals surface area contributed by atoms with E-state index >= 15 is 0 Å². The van der Waals surface area contributed by atoms with Crippen molar-refractivity contribution < 1.29 is 9.32 Å². The first kappa shape index (κ1) is 11.6. The summed E-state index contributed by atoms with van der Waals surface area (Å²) in [6, 6.07) is 1.66. The Balaban J connectivity index is 1.84. The number of aromatic nitrogens is 4. The molecular weight excluding hydrogens is 242 g/mol. The molecule has 8 heteroatoms. The molecule has 0 unspecified atom stereocenters. The summed E-state index contributed by atoms with van der Waals surface area (Å²) in [6.07, 6.45) is 1.58. The lowest BCUT2D eigenvalue weighted by atomic mass is 10.5. The predicted octanol–water partition coefficient (Wildman–Crippen LogP) is 0.842. The Kier molecular flexibility index (Phi) is 3.43. The van der Waals surface area contributed by atoms with Crippen LogP contribution in [-0.2, 0) is 11.8 Å². The van der Waals surface area contributed by atoms with E-state index in [-0.39, 0.29) is 11.7 Å². The van der Waals surface area contributed by atoms with E-state index in [1.54, 1.807) is 23.9 Å². The van der Waals surface area contributed by atoms with Crippen LogP contribution in [-0.4, -0.2) is 31.6 Å². The van der Waals surface area contributed by atoms with Crippen molar-refractivity contribution in [1.29, 1.82) is 0 Å². The average molecular weight is 253 g/mol. The van der Waals surface area contributed by atoms with Crippen LogP contribution in [0.5, 0.6) is 0 Å². The number of thioether (sulfide) groups is 1. The van der Waals surface area contributed by atoms with E-state index < -0.39 is 0 Å². The van der Waals surface area contributed by atoms with Gasteiger partial charge in [-0.3, -0.25) is 10.1 Å². The monoisotopic (exact) mass is 253 g/mol. The second-order valence-corrected chi connectivity index (χ2v) is 4.34. The number of hydrogen-bond donors (Lipinski definition) is 1. The van der Waals surface area contributed by atoms with Gasteiger partial charge in [-0.15, -0.1) is 10.2 Å². The van der Waals surface area contributed by atoms with Crippen molar-refractivity contribution in [2.45, 2.75) is 12.1 Å². The molecule has 0 aliphatic carbocycles. The van der Waals surface area contributed by atoms with Crippen molar-refractivity contribution in [3.63, 3.8) is 0 Å². The van der Waals surface area contributed by atoms with E-state index in [9.17, 15) is 4.79 Å².